The third kappa shape index (κ3) is 5.91. The molecule has 2 N–H and O–H groups in total. The van der Waals surface area contributed by atoms with E-state index in [0.29, 0.717) is 48.1 Å². The van der Waals surface area contributed by atoms with E-state index >= 15 is 0 Å². The quantitative estimate of drug-likeness (QED) is 0.360. The van der Waals surface area contributed by atoms with Crippen molar-refractivity contribution in [2.45, 2.75) is 12.8 Å². The van der Waals surface area contributed by atoms with Crippen molar-refractivity contribution in [2.75, 3.05) is 66.5 Å². The van der Waals surface area contributed by atoms with E-state index in [9.17, 15) is 9.59 Å². The van der Waals surface area contributed by atoms with Crippen LogP contribution < -0.4 is 29.6 Å². The fourth-order valence-corrected chi connectivity index (χ4v) is 3.93. The van der Waals surface area contributed by atoms with Crippen LogP contribution in [0.2, 0.25) is 0 Å². The Bertz CT molecular complexity index is 1010. The number of methoxy groups -OCH3 is 4. The third-order valence-electron chi connectivity index (χ3n) is 5.78. The van der Waals surface area contributed by atoms with Crippen LogP contribution in [0.1, 0.15) is 22.3 Å². The van der Waals surface area contributed by atoms with Crippen LogP contribution in [0.25, 0.3) is 0 Å². The summed E-state index contributed by atoms with van der Waals surface area (Å²) < 4.78 is 21.2. The summed E-state index contributed by atoms with van der Waals surface area (Å²) in [6.45, 7) is 3.23. The molecule has 1 amide bonds. The molecule has 0 radical (unpaired) electrons. The first kappa shape index (κ1) is 25.2. The lowest BCUT2D eigenvalue weighted by atomic mass is 10.0. The predicted molar refractivity (Wildman–Crippen MR) is 130 cm³/mol. The van der Waals surface area contributed by atoms with Crippen LogP contribution in [-0.2, 0) is 11.2 Å². The van der Waals surface area contributed by atoms with Gasteiger partial charge in [0.1, 0.15) is 0 Å². The molecular weight excluding hydrogens is 438 g/mol. The van der Waals surface area contributed by atoms with Gasteiger partial charge >= 0.3 is 0 Å². The number of ether oxygens (including phenoxy) is 4. The average Bonchev–Trinajstić information content (AvgIpc) is 2.98. The van der Waals surface area contributed by atoms with Gasteiger partial charge in [0.05, 0.1) is 28.4 Å². The fourth-order valence-electron chi connectivity index (χ4n) is 3.93. The van der Waals surface area contributed by atoms with Crippen molar-refractivity contribution < 1.29 is 28.5 Å². The largest absolute Gasteiger partial charge is 0.493 e. The second kappa shape index (κ2) is 12.1. The number of carbonyl (C=O) groups excluding carboxylic acids is 2. The van der Waals surface area contributed by atoms with Gasteiger partial charge < -0.3 is 34.5 Å². The first-order chi connectivity index (χ1) is 16.5. The lowest BCUT2D eigenvalue weighted by molar-refractivity contribution is -0.126. The van der Waals surface area contributed by atoms with Crippen LogP contribution in [0.5, 0.6) is 23.0 Å². The number of carbonyl (C=O) groups is 2. The highest BCUT2D eigenvalue weighted by atomic mass is 16.5. The zero-order valence-corrected chi connectivity index (χ0v) is 20.2. The van der Waals surface area contributed by atoms with E-state index in [4.69, 9.17) is 18.9 Å². The van der Waals surface area contributed by atoms with Gasteiger partial charge in [0.2, 0.25) is 0 Å². The van der Waals surface area contributed by atoms with Gasteiger partial charge in [0.15, 0.2) is 23.0 Å². The molecule has 0 atom stereocenters. The molecule has 1 aliphatic heterocycles. The smallest absolute Gasteiger partial charge is 0.294 e. The van der Waals surface area contributed by atoms with E-state index < -0.39 is 11.7 Å². The Hall–Kier alpha value is -3.46. The first-order valence-electron chi connectivity index (χ1n) is 11.3. The SMILES string of the molecule is COc1ccc(NCCNCCCN2CCc3cc(OC)c(OC)cc3C(=O)C2=O)cc1OC. The monoisotopic (exact) mass is 471 g/mol. The molecular formula is C25H33N3O6. The molecule has 0 unspecified atom stereocenters. The van der Waals surface area contributed by atoms with Gasteiger partial charge in [-0.1, -0.05) is 0 Å². The normalized spacial score (nSPS) is 13.2. The molecule has 3 rings (SSSR count). The highest BCUT2D eigenvalue weighted by Gasteiger charge is 2.30. The summed E-state index contributed by atoms with van der Waals surface area (Å²) in [5.74, 6) is 1.40. The van der Waals surface area contributed by atoms with Gasteiger partial charge in [0.25, 0.3) is 11.7 Å². The molecule has 0 aromatic heterocycles. The molecule has 0 saturated heterocycles. The number of hydrogen-bond acceptors (Lipinski definition) is 8. The van der Waals surface area contributed by atoms with Crippen molar-refractivity contribution in [1.82, 2.24) is 10.2 Å². The molecule has 1 heterocycles. The molecule has 0 aliphatic carbocycles. The van der Waals surface area contributed by atoms with Gasteiger partial charge in [-0.15, -0.1) is 0 Å². The van der Waals surface area contributed by atoms with Crippen molar-refractivity contribution in [3.8, 4) is 23.0 Å². The molecule has 2 aromatic carbocycles. The van der Waals surface area contributed by atoms with Crippen LogP contribution in [-0.4, -0.2) is 77.8 Å². The number of Topliss-reactive ketones (excluding diaryl/α,β-unsaturated/α-hetero) is 1. The molecule has 184 valence electrons. The first-order valence-corrected chi connectivity index (χ1v) is 11.3. The van der Waals surface area contributed by atoms with E-state index in [0.717, 1.165) is 37.3 Å². The highest BCUT2D eigenvalue weighted by Crippen LogP contribution is 2.32. The predicted octanol–water partition coefficient (Wildman–Crippen LogP) is 2.38. The summed E-state index contributed by atoms with van der Waals surface area (Å²) in [7, 11) is 6.28. The third-order valence-corrected chi connectivity index (χ3v) is 5.78. The number of hydrogen-bond donors (Lipinski definition) is 2. The highest BCUT2D eigenvalue weighted by molar-refractivity contribution is 6.43. The van der Waals surface area contributed by atoms with Crippen molar-refractivity contribution in [3.63, 3.8) is 0 Å². The van der Waals surface area contributed by atoms with E-state index in [-0.39, 0.29) is 0 Å². The van der Waals surface area contributed by atoms with Crippen LogP contribution in [0.3, 0.4) is 0 Å². The Kier molecular flexibility index (Phi) is 8.98. The van der Waals surface area contributed by atoms with Gasteiger partial charge in [-0.3, -0.25) is 9.59 Å². The summed E-state index contributed by atoms with van der Waals surface area (Å²) in [6, 6.07) is 9.08. The van der Waals surface area contributed by atoms with Crippen LogP contribution in [0, 0.1) is 0 Å². The molecule has 34 heavy (non-hydrogen) atoms. The van der Waals surface area contributed by atoms with Crippen molar-refractivity contribution >= 4 is 17.4 Å². The molecule has 0 bridgehead atoms. The van der Waals surface area contributed by atoms with Crippen LogP contribution >= 0.6 is 0 Å². The molecule has 0 saturated carbocycles. The Morgan fingerprint density at radius 3 is 2.21 bits per heavy atom. The number of rotatable bonds is 12. The molecule has 9 heteroatoms. The summed E-state index contributed by atoms with van der Waals surface area (Å²) >= 11 is 0. The number of nitrogens with zero attached hydrogens (tertiary/aromatic N) is 1. The van der Waals surface area contributed by atoms with Crippen LogP contribution in [0.15, 0.2) is 30.3 Å². The summed E-state index contributed by atoms with van der Waals surface area (Å²) in [5.41, 5.74) is 2.14. The molecule has 9 nitrogen and oxygen atoms in total. The minimum atomic E-state index is -0.500. The molecule has 0 fully saturated rings. The van der Waals surface area contributed by atoms with E-state index in [1.165, 1.54) is 7.11 Å². The molecule has 1 aliphatic rings. The van der Waals surface area contributed by atoms with E-state index in [1.807, 2.05) is 18.2 Å². The number of benzene rings is 2. The topological polar surface area (TPSA) is 98.4 Å². The molecule has 2 aromatic rings. The van der Waals surface area contributed by atoms with E-state index in [1.54, 1.807) is 38.4 Å². The Balaban J connectivity index is 1.43. The zero-order valence-electron chi connectivity index (χ0n) is 20.2. The zero-order chi connectivity index (χ0) is 24.5. The minimum absolute atomic E-state index is 0.393. The van der Waals surface area contributed by atoms with Crippen LogP contribution in [0.4, 0.5) is 5.69 Å². The van der Waals surface area contributed by atoms with Gasteiger partial charge in [0, 0.05) is 43.5 Å². The maximum atomic E-state index is 12.8. The number of nitrogens with one attached hydrogen (secondary N) is 2. The summed E-state index contributed by atoms with van der Waals surface area (Å²) in [5, 5.41) is 6.69. The maximum Gasteiger partial charge on any atom is 0.294 e. The van der Waals surface area contributed by atoms with Crippen molar-refractivity contribution in [2.24, 2.45) is 0 Å². The van der Waals surface area contributed by atoms with Gasteiger partial charge in [-0.05, 0) is 49.2 Å². The van der Waals surface area contributed by atoms with Crippen molar-refractivity contribution in [3.05, 3.63) is 41.5 Å². The summed E-state index contributed by atoms with van der Waals surface area (Å²) in [6.07, 6.45) is 1.34. The Labute approximate surface area is 200 Å². The summed E-state index contributed by atoms with van der Waals surface area (Å²) in [4.78, 5) is 27.1. The lowest BCUT2D eigenvalue weighted by Crippen LogP contribution is -2.38. The lowest BCUT2D eigenvalue weighted by Gasteiger charge is -2.19. The average molecular weight is 472 g/mol. The van der Waals surface area contributed by atoms with E-state index in [2.05, 4.69) is 10.6 Å². The van der Waals surface area contributed by atoms with Crippen molar-refractivity contribution in [1.29, 1.82) is 0 Å². The molecule has 0 spiro atoms. The second-order valence-corrected chi connectivity index (χ2v) is 7.84. The Morgan fingerprint density at radius 1 is 0.824 bits per heavy atom. The fraction of sp³-hybridized carbons (Fsp3) is 0.440. The standard InChI is InChI=1S/C25H33N3O6/c1-31-20-7-6-18(15-22(20)33-3)27-11-10-26-9-5-12-28-13-8-17-14-21(32-2)23(34-4)16-19(17)24(29)25(28)30/h6-7,14-16,26-27H,5,8-13H2,1-4H3. The minimum Gasteiger partial charge on any atom is -0.493 e. The number of fused-ring (bicyclic) bond motifs is 1. The maximum absolute atomic E-state index is 12.8. The number of anilines is 1. The number of amides is 1. The van der Waals surface area contributed by atoms with Gasteiger partial charge in [-0.2, -0.15) is 0 Å². The van der Waals surface area contributed by atoms with Gasteiger partial charge in [-0.25, -0.2) is 0 Å². The number of ketones is 1. The second-order valence-electron chi connectivity index (χ2n) is 7.84. The Morgan fingerprint density at radius 2 is 1.50 bits per heavy atom.